The first kappa shape index (κ1) is 44.0. The lowest BCUT2D eigenvalue weighted by atomic mass is 9.80. The predicted molar refractivity (Wildman–Crippen MR) is 223 cm³/mol. The molecule has 4 aromatic rings. The second kappa shape index (κ2) is 18.0. The minimum absolute atomic E-state index is 0.0294. The van der Waals surface area contributed by atoms with Gasteiger partial charge >= 0.3 is 5.69 Å². The number of nitriles is 1. The van der Waals surface area contributed by atoms with Gasteiger partial charge in [0.15, 0.2) is 6.23 Å². The maximum Gasteiger partial charge on any atom is 0.351 e. The standard InChI is InChI=1S/C42H51N6O9PS/c1-28(2)48(29(3)4)58(55-25-15-24-43)57-37-36-39(47-26-30(5)38(44-31(6)49)45-40(47)50)56-41(37,59(51,52)46(36)7)27-54-42(32-16-11-9-12-17-32,33-18-13-10-14-19-33)34-20-22-35(53-8)23-21-34/h9-14,16-23,26,28-29,36-37,39H,15,25,27H2,1-8H3,(H,44,45,49,50)/t36-,37+,39-,41+,58?/m1/s1. The highest BCUT2D eigenvalue weighted by molar-refractivity contribution is 7.90. The number of ether oxygens (including phenoxy) is 3. The predicted octanol–water partition coefficient (Wildman–Crippen LogP) is 6.06. The Bertz CT molecular complexity index is 2260. The molecule has 59 heavy (non-hydrogen) atoms. The number of rotatable bonds is 17. The van der Waals surface area contributed by atoms with Crippen molar-refractivity contribution in [1.29, 1.82) is 5.26 Å². The first-order chi connectivity index (χ1) is 28.1. The van der Waals surface area contributed by atoms with Crippen molar-refractivity contribution in [2.75, 3.05) is 32.7 Å². The third-order valence-corrected chi connectivity index (χ3v) is 14.9. The lowest BCUT2D eigenvalue weighted by Crippen LogP contribution is -2.54. The number of methoxy groups -OCH3 is 1. The van der Waals surface area contributed by atoms with E-state index in [2.05, 4.69) is 16.4 Å². The molecule has 0 saturated carbocycles. The van der Waals surface area contributed by atoms with Crippen LogP contribution in [0.4, 0.5) is 5.82 Å². The number of carbonyl (C=O) groups excluding carboxylic acids is 1. The van der Waals surface area contributed by atoms with E-state index in [1.54, 1.807) is 14.0 Å². The van der Waals surface area contributed by atoms with Crippen LogP contribution in [-0.4, -0.2) is 89.4 Å². The zero-order valence-corrected chi connectivity index (χ0v) is 36.1. The molecule has 1 amide bonds. The van der Waals surface area contributed by atoms with Crippen LogP contribution in [0.3, 0.4) is 0 Å². The Hall–Kier alpha value is -4.56. The average molecular weight is 847 g/mol. The number of amides is 1. The zero-order chi connectivity index (χ0) is 42.7. The van der Waals surface area contributed by atoms with Crippen molar-refractivity contribution in [3.8, 4) is 11.8 Å². The fourth-order valence-electron chi connectivity index (χ4n) is 7.85. The molecule has 1 N–H and O–H groups in total. The van der Waals surface area contributed by atoms with Crippen LogP contribution >= 0.6 is 8.53 Å². The molecule has 1 aromatic heterocycles. The Kier molecular flexibility index (Phi) is 13.4. The third-order valence-electron chi connectivity index (χ3n) is 10.5. The number of benzene rings is 3. The molecule has 5 atom stereocenters. The van der Waals surface area contributed by atoms with Gasteiger partial charge in [-0.1, -0.05) is 72.8 Å². The minimum Gasteiger partial charge on any atom is -0.497 e. The molecule has 15 nitrogen and oxygen atoms in total. The number of fused-ring (bicyclic) bond motifs is 2. The molecule has 3 heterocycles. The van der Waals surface area contributed by atoms with Crippen LogP contribution in [-0.2, 0) is 38.9 Å². The SMILES string of the molecule is COc1ccc(C(OC[C@@]23O[C@@H](n4cc(C)c(NC(C)=O)nc4=O)[C@@H]([C@@H]2OP(OCCC#N)N(C(C)C)C(C)C)N(C)S3(=O)=O)(c2ccccc2)c2ccccc2)cc1. The number of hydrogen-bond donors (Lipinski definition) is 1. The van der Waals surface area contributed by atoms with Crippen LogP contribution in [0.2, 0.25) is 0 Å². The Morgan fingerprint density at radius 1 is 1.02 bits per heavy atom. The largest absolute Gasteiger partial charge is 0.497 e. The minimum atomic E-state index is -4.45. The van der Waals surface area contributed by atoms with Gasteiger partial charge in [-0.15, -0.1) is 0 Å². The van der Waals surface area contributed by atoms with Crippen LogP contribution in [0.25, 0.3) is 0 Å². The highest BCUT2D eigenvalue weighted by Crippen LogP contribution is 2.59. The van der Waals surface area contributed by atoms with Gasteiger partial charge in [0.1, 0.15) is 29.3 Å². The average Bonchev–Trinajstić information content (AvgIpc) is 3.60. The second-order valence-electron chi connectivity index (χ2n) is 15.0. The fraction of sp³-hybridized carbons (Fsp3) is 0.429. The van der Waals surface area contributed by atoms with E-state index < -0.39 is 65.7 Å². The number of nitrogens with zero attached hydrogens (tertiary/aromatic N) is 5. The summed E-state index contributed by atoms with van der Waals surface area (Å²) in [5, 5.41) is 12.0. The smallest absolute Gasteiger partial charge is 0.351 e. The molecule has 2 saturated heterocycles. The van der Waals surface area contributed by atoms with Gasteiger partial charge < -0.3 is 28.6 Å². The van der Waals surface area contributed by atoms with Gasteiger partial charge in [0, 0.05) is 37.8 Å². The van der Waals surface area contributed by atoms with Crippen LogP contribution in [0, 0.1) is 18.3 Å². The highest BCUT2D eigenvalue weighted by atomic mass is 32.2. The maximum absolute atomic E-state index is 15.1. The van der Waals surface area contributed by atoms with Gasteiger partial charge in [-0.25, -0.2) is 17.9 Å². The molecule has 17 heteroatoms. The summed E-state index contributed by atoms with van der Waals surface area (Å²) in [5.74, 6) is 0.276. The van der Waals surface area contributed by atoms with Crippen molar-refractivity contribution in [2.24, 2.45) is 0 Å². The van der Waals surface area contributed by atoms with Crippen molar-refractivity contribution < 1.29 is 36.5 Å². The molecule has 2 fully saturated rings. The van der Waals surface area contributed by atoms with Gasteiger partial charge in [0.2, 0.25) is 20.9 Å². The summed E-state index contributed by atoms with van der Waals surface area (Å²) in [6, 6.07) is 27.1. The molecular weight excluding hydrogens is 796 g/mol. The third kappa shape index (κ3) is 8.18. The summed E-state index contributed by atoms with van der Waals surface area (Å²) in [5.41, 5.74) is 0.343. The maximum atomic E-state index is 15.1. The summed E-state index contributed by atoms with van der Waals surface area (Å²) >= 11 is 0. The van der Waals surface area contributed by atoms with Crippen LogP contribution in [0.1, 0.15) is 69.5 Å². The van der Waals surface area contributed by atoms with E-state index in [0.29, 0.717) is 28.0 Å². The number of sulfonamides is 1. The monoisotopic (exact) mass is 846 g/mol. The molecule has 0 spiro atoms. The Morgan fingerprint density at radius 3 is 2.12 bits per heavy atom. The van der Waals surface area contributed by atoms with E-state index in [9.17, 15) is 14.9 Å². The molecule has 1 unspecified atom stereocenters. The molecule has 0 radical (unpaired) electrons. The summed E-state index contributed by atoms with van der Waals surface area (Å²) < 4.78 is 67.3. The normalized spacial score (nSPS) is 21.8. The quantitative estimate of drug-likeness (QED) is 0.0741. The highest BCUT2D eigenvalue weighted by Gasteiger charge is 2.75. The molecule has 2 bridgehead atoms. The van der Waals surface area contributed by atoms with E-state index in [1.807, 2.05) is 117 Å². The number of aryl methyl sites for hydroxylation is 1. The fourth-order valence-corrected chi connectivity index (χ4v) is 11.6. The lowest BCUT2D eigenvalue weighted by Gasteiger charge is -2.41. The van der Waals surface area contributed by atoms with Gasteiger partial charge in [-0.3, -0.25) is 9.36 Å². The van der Waals surface area contributed by atoms with E-state index in [1.165, 1.54) is 29.0 Å². The number of hydrogen-bond acceptors (Lipinski definition) is 12. The second-order valence-corrected chi connectivity index (χ2v) is 18.6. The van der Waals surface area contributed by atoms with Crippen LogP contribution in [0.15, 0.2) is 95.9 Å². The zero-order valence-electron chi connectivity index (χ0n) is 34.4. The molecule has 6 rings (SSSR count). The van der Waals surface area contributed by atoms with Crippen LogP contribution < -0.4 is 15.7 Å². The number of likely N-dealkylation sites (N-methyl/N-ethyl adjacent to an activating group) is 1. The van der Waals surface area contributed by atoms with Gasteiger partial charge in [0.25, 0.3) is 8.53 Å². The van der Waals surface area contributed by atoms with Gasteiger partial charge in [-0.2, -0.15) is 14.6 Å². The van der Waals surface area contributed by atoms with Gasteiger partial charge in [0.05, 0.1) is 32.8 Å². The topological polar surface area (TPSA) is 175 Å². The summed E-state index contributed by atoms with van der Waals surface area (Å²) in [4.78, 5) is 27.6. The first-order valence-corrected chi connectivity index (χ1v) is 21.9. The van der Waals surface area contributed by atoms with Crippen molar-refractivity contribution in [2.45, 2.75) is 89.0 Å². The summed E-state index contributed by atoms with van der Waals surface area (Å²) in [6.07, 6.45) is -1.01. The Balaban J connectivity index is 1.57. The molecule has 314 valence electrons. The molecule has 2 aliphatic heterocycles. The van der Waals surface area contributed by atoms with Crippen LogP contribution in [0.5, 0.6) is 5.75 Å². The Morgan fingerprint density at radius 2 is 1.59 bits per heavy atom. The molecule has 3 aromatic carbocycles. The molecular formula is C42H51N6O9PS. The number of carbonyl (C=O) groups is 1. The number of anilines is 1. The van der Waals surface area contributed by atoms with Crippen molar-refractivity contribution in [3.63, 3.8) is 0 Å². The summed E-state index contributed by atoms with van der Waals surface area (Å²) in [6.45, 7) is 10.3. The molecule has 2 aliphatic rings. The van der Waals surface area contributed by atoms with E-state index >= 15 is 8.42 Å². The van der Waals surface area contributed by atoms with E-state index in [0.717, 1.165) is 0 Å². The van der Waals surface area contributed by atoms with E-state index in [4.69, 9.17) is 23.3 Å². The lowest BCUT2D eigenvalue weighted by molar-refractivity contribution is -0.121. The number of nitrogens with one attached hydrogen (secondary N) is 1. The van der Waals surface area contributed by atoms with Crippen molar-refractivity contribution in [1.82, 2.24) is 18.5 Å². The summed E-state index contributed by atoms with van der Waals surface area (Å²) in [7, 11) is -3.48. The van der Waals surface area contributed by atoms with Crippen molar-refractivity contribution in [3.05, 3.63) is 124 Å². The Labute approximate surface area is 346 Å². The molecule has 0 aliphatic carbocycles. The number of aromatic nitrogens is 2. The van der Waals surface area contributed by atoms with Gasteiger partial charge in [-0.05, 0) is 63.4 Å². The first-order valence-electron chi connectivity index (χ1n) is 19.3. The van der Waals surface area contributed by atoms with E-state index in [-0.39, 0.29) is 30.9 Å². The van der Waals surface area contributed by atoms with Crippen molar-refractivity contribution >= 4 is 30.3 Å².